The molecule has 4 rings (SSSR count). The zero-order valence-electron chi connectivity index (χ0n) is 14.2. The fraction of sp³-hybridized carbons (Fsp3) is 0.222. The van der Waals surface area contributed by atoms with E-state index in [2.05, 4.69) is 10.1 Å². The number of hydrogen-bond acceptors (Lipinski definition) is 4. The summed E-state index contributed by atoms with van der Waals surface area (Å²) in [6.45, 7) is 2.33. The van der Waals surface area contributed by atoms with Crippen molar-refractivity contribution in [2.75, 3.05) is 6.54 Å². The van der Waals surface area contributed by atoms with Gasteiger partial charge < -0.3 is 0 Å². The van der Waals surface area contributed by atoms with Gasteiger partial charge in [0.15, 0.2) is 5.82 Å². The lowest BCUT2D eigenvalue weighted by molar-refractivity contribution is 0.386. The van der Waals surface area contributed by atoms with Gasteiger partial charge in [-0.25, -0.2) is 18.1 Å². The fourth-order valence-corrected chi connectivity index (χ4v) is 4.52. The van der Waals surface area contributed by atoms with Crippen LogP contribution in [0.1, 0.15) is 16.8 Å². The Morgan fingerprint density at radius 1 is 1.12 bits per heavy atom. The van der Waals surface area contributed by atoms with Gasteiger partial charge in [-0.2, -0.15) is 4.31 Å². The smallest absolute Gasteiger partial charge is 0.276 e. The molecular weight excluding hydrogens is 352 g/mol. The van der Waals surface area contributed by atoms with Crippen LogP contribution in [0.4, 0.5) is 0 Å². The SMILES string of the molecule is Cc1ccc(S(=O)(=O)N2CCc3c([nH]n(-c4ccccn4)c3=O)C2)cc1. The summed E-state index contributed by atoms with van der Waals surface area (Å²) >= 11 is 0. The number of aromatic amines is 1. The average Bonchev–Trinajstić information content (AvgIpc) is 2.99. The number of fused-ring (bicyclic) bond motifs is 1. The first kappa shape index (κ1) is 16.7. The predicted molar refractivity (Wildman–Crippen MR) is 96.7 cm³/mol. The van der Waals surface area contributed by atoms with Crippen LogP contribution in [0, 0.1) is 6.92 Å². The Balaban J connectivity index is 1.68. The molecule has 3 heterocycles. The van der Waals surface area contributed by atoms with E-state index in [-0.39, 0.29) is 23.5 Å². The van der Waals surface area contributed by atoms with Crippen molar-refractivity contribution in [1.82, 2.24) is 19.1 Å². The Bertz CT molecular complexity index is 1100. The highest BCUT2D eigenvalue weighted by atomic mass is 32.2. The van der Waals surface area contributed by atoms with Gasteiger partial charge in [0.25, 0.3) is 5.56 Å². The molecule has 2 aromatic heterocycles. The number of hydrogen-bond donors (Lipinski definition) is 1. The number of aromatic nitrogens is 3. The van der Waals surface area contributed by atoms with E-state index >= 15 is 0 Å². The highest BCUT2D eigenvalue weighted by Gasteiger charge is 2.31. The molecule has 0 radical (unpaired) electrons. The number of nitrogens with one attached hydrogen (secondary N) is 1. The van der Waals surface area contributed by atoms with E-state index < -0.39 is 10.0 Å². The number of pyridine rings is 1. The molecule has 0 bridgehead atoms. The zero-order chi connectivity index (χ0) is 18.3. The molecule has 1 aliphatic heterocycles. The fourth-order valence-electron chi connectivity index (χ4n) is 3.11. The molecule has 0 saturated carbocycles. The summed E-state index contributed by atoms with van der Waals surface area (Å²) in [6, 6.07) is 12.1. The largest absolute Gasteiger partial charge is 0.292 e. The average molecular weight is 370 g/mol. The maximum absolute atomic E-state index is 12.9. The third-order valence-electron chi connectivity index (χ3n) is 4.56. The second-order valence-corrected chi connectivity index (χ2v) is 8.24. The van der Waals surface area contributed by atoms with Crippen LogP contribution in [0.25, 0.3) is 5.82 Å². The van der Waals surface area contributed by atoms with Crippen molar-refractivity contribution < 1.29 is 8.42 Å². The Morgan fingerprint density at radius 2 is 1.88 bits per heavy atom. The number of sulfonamides is 1. The van der Waals surface area contributed by atoms with Crippen LogP contribution >= 0.6 is 0 Å². The molecule has 134 valence electrons. The Morgan fingerprint density at radius 3 is 2.58 bits per heavy atom. The monoisotopic (exact) mass is 370 g/mol. The molecule has 1 aliphatic rings. The molecule has 0 aliphatic carbocycles. The van der Waals surface area contributed by atoms with Crippen molar-refractivity contribution in [2.24, 2.45) is 0 Å². The van der Waals surface area contributed by atoms with Gasteiger partial charge in [-0.3, -0.25) is 9.89 Å². The Hall–Kier alpha value is -2.71. The molecule has 26 heavy (non-hydrogen) atoms. The van der Waals surface area contributed by atoms with Gasteiger partial charge in [-0.1, -0.05) is 23.8 Å². The molecule has 1 N–H and O–H groups in total. The van der Waals surface area contributed by atoms with E-state index in [1.807, 2.05) is 6.92 Å². The second kappa shape index (κ2) is 6.22. The van der Waals surface area contributed by atoms with Crippen LogP contribution in [0.15, 0.2) is 58.4 Å². The van der Waals surface area contributed by atoms with Crippen LogP contribution in [0.3, 0.4) is 0 Å². The topological polar surface area (TPSA) is 88.1 Å². The van der Waals surface area contributed by atoms with Crippen LogP contribution in [-0.2, 0) is 23.0 Å². The Kier molecular flexibility index (Phi) is 4.01. The zero-order valence-corrected chi connectivity index (χ0v) is 15.0. The van der Waals surface area contributed by atoms with Crippen LogP contribution in [0.2, 0.25) is 0 Å². The summed E-state index contributed by atoms with van der Waals surface area (Å²) in [4.78, 5) is 17.0. The van der Waals surface area contributed by atoms with Crippen molar-refractivity contribution >= 4 is 10.0 Å². The van der Waals surface area contributed by atoms with Crippen LogP contribution in [-0.4, -0.2) is 34.0 Å². The van der Waals surface area contributed by atoms with E-state index in [1.54, 1.807) is 48.7 Å². The minimum Gasteiger partial charge on any atom is -0.292 e. The highest BCUT2D eigenvalue weighted by Crippen LogP contribution is 2.23. The first-order valence-corrected chi connectivity index (χ1v) is 9.72. The van der Waals surface area contributed by atoms with Gasteiger partial charge in [-0.05, 0) is 37.6 Å². The van der Waals surface area contributed by atoms with Gasteiger partial charge in [0, 0.05) is 18.3 Å². The van der Waals surface area contributed by atoms with Gasteiger partial charge in [0.1, 0.15) is 0 Å². The lowest BCUT2D eigenvalue weighted by atomic mass is 10.1. The van der Waals surface area contributed by atoms with Crippen molar-refractivity contribution in [3.05, 3.63) is 75.8 Å². The summed E-state index contributed by atoms with van der Waals surface area (Å²) in [7, 11) is -3.60. The quantitative estimate of drug-likeness (QED) is 0.759. The maximum Gasteiger partial charge on any atom is 0.276 e. The number of H-pyrrole nitrogens is 1. The van der Waals surface area contributed by atoms with E-state index in [1.165, 1.54) is 8.99 Å². The first-order valence-electron chi connectivity index (χ1n) is 8.28. The van der Waals surface area contributed by atoms with Crippen molar-refractivity contribution in [1.29, 1.82) is 0 Å². The van der Waals surface area contributed by atoms with Crippen molar-refractivity contribution in [3.63, 3.8) is 0 Å². The summed E-state index contributed by atoms with van der Waals surface area (Å²) in [5.41, 5.74) is 2.06. The van der Waals surface area contributed by atoms with Crippen molar-refractivity contribution in [3.8, 4) is 5.82 Å². The molecule has 7 nitrogen and oxygen atoms in total. The molecule has 1 aromatic carbocycles. The van der Waals surface area contributed by atoms with Gasteiger partial charge in [-0.15, -0.1) is 0 Å². The van der Waals surface area contributed by atoms with E-state index in [0.29, 0.717) is 23.5 Å². The lowest BCUT2D eigenvalue weighted by Crippen LogP contribution is -2.37. The van der Waals surface area contributed by atoms with E-state index in [9.17, 15) is 13.2 Å². The van der Waals surface area contributed by atoms with Crippen LogP contribution in [0.5, 0.6) is 0 Å². The molecule has 0 unspecified atom stereocenters. The normalized spacial score (nSPS) is 15.0. The highest BCUT2D eigenvalue weighted by molar-refractivity contribution is 7.89. The second-order valence-electron chi connectivity index (χ2n) is 6.30. The number of benzene rings is 1. The van der Waals surface area contributed by atoms with Gasteiger partial charge in [0.2, 0.25) is 10.0 Å². The molecule has 0 saturated heterocycles. The minimum absolute atomic E-state index is 0.140. The summed E-state index contributed by atoms with van der Waals surface area (Å²) in [6.07, 6.45) is 1.98. The van der Waals surface area contributed by atoms with Gasteiger partial charge in [0.05, 0.1) is 17.1 Å². The van der Waals surface area contributed by atoms with Crippen molar-refractivity contribution in [2.45, 2.75) is 24.8 Å². The van der Waals surface area contributed by atoms with E-state index in [0.717, 1.165) is 5.56 Å². The summed E-state index contributed by atoms with van der Waals surface area (Å²) < 4.78 is 28.5. The first-order chi connectivity index (χ1) is 12.5. The summed E-state index contributed by atoms with van der Waals surface area (Å²) in [5.74, 6) is 0.486. The molecule has 3 aromatic rings. The molecule has 0 fully saturated rings. The molecule has 0 amide bonds. The standard InChI is InChI=1S/C18H18N4O3S/c1-13-5-7-14(8-6-13)26(24,25)21-11-9-15-16(12-21)20-22(18(15)23)17-4-2-3-10-19-17/h2-8,10,20H,9,11-12H2,1H3. The lowest BCUT2D eigenvalue weighted by Gasteiger charge is -2.25. The molecular formula is C18H18N4O3S. The number of nitrogens with zero attached hydrogens (tertiary/aromatic N) is 3. The summed E-state index contributed by atoms with van der Waals surface area (Å²) in [5, 5.41) is 3.02. The van der Waals surface area contributed by atoms with E-state index in [4.69, 9.17) is 0 Å². The Labute approximate surface area is 151 Å². The molecule has 0 atom stereocenters. The van der Waals surface area contributed by atoms with Gasteiger partial charge >= 0.3 is 0 Å². The predicted octanol–water partition coefficient (Wildman–Crippen LogP) is 1.62. The number of aryl methyl sites for hydroxylation is 1. The third-order valence-corrected chi connectivity index (χ3v) is 6.41. The molecule has 8 heteroatoms. The molecule has 0 spiro atoms. The number of rotatable bonds is 3. The minimum atomic E-state index is -3.60. The maximum atomic E-state index is 12.9. The van der Waals surface area contributed by atoms with Crippen LogP contribution < -0.4 is 5.56 Å². The third kappa shape index (κ3) is 2.77.